The lowest BCUT2D eigenvalue weighted by Gasteiger charge is -2.44. The van der Waals surface area contributed by atoms with Gasteiger partial charge in [-0.2, -0.15) is 0 Å². The van der Waals surface area contributed by atoms with Crippen LogP contribution >= 0.6 is 0 Å². The molecule has 0 saturated heterocycles. The summed E-state index contributed by atoms with van der Waals surface area (Å²) in [4.78, 5) is 49.7. The molecule has 0 heterocycles. The number of unbranched alkanes of at least 4 members (excludes halogenated alkanes) is 10. The number of carbonyl (C=O) groups is 4. The standard InChI is InChI=1S/C26H46O9/c1-4-7-9-11-13-15-17-20(22(28)29)26(34,24(32)33)25(23(30)31,19-21(27)35-6-3)18-16-14-12-10-8-5-2/h20,34H,4-19H2,1-3H3,(H,28,29)(H,30,31)(H,32,33). The van der Waals surface area contributed by atoms with Crippen LogP contribution in [-0.2, 0) is 23.9 Å². The Balaban J connectivity index is 6.14. The Bertz CT molecular complexity index is 663. The summed E-state index contributed by atoms with van der Waals surface area (Å²) in [7, 11) is 0. The van der Waals surface area contributed by atoms with Gasteiger partial charge in [0.15, 0.2) is 5.60 Å². The molecule has 0 aliphatic rings. The van der Waals surface area contributed by atoms with Gasteiger partial charge in [-0.3, -0.25) is 14.4 Å². The van der Waals surface area contributed by atoms with Gasteiger partial charge in [0.1, 0.15) is 5.41 Å². The van der Waals surface area contributed by atoms with Crippen molar-refractivity contribution in [3.05, 3.63) is 0 Å². The van der Waals surface area contributed by atoms with Gasteiger partial charge in [-0.05, 0) is 19.8 Å². The molecule has 3 atom stereocenters. The lowest BCUT2D eigenvalue weighted by atomic mass is 9.60. The van der Waals surface area contributed by atoms with Crippen LogP contribution in [-0.4, -0.2) is 56.5 Å². The predicted molar refractivity (Wildman–Crippen MR) is 131 cm³/mol. The zero-order valence-electron chi connectivity index (χ0n) is 21.7. The average Bonchev–Trinajstić information content (AvgIpc) is 2.79. The van der Waals surface area contributed by atoms with Crippen molar-refractivity contribution in [1.82, 2.24) is 0 Å². The van der Waals surface area contributed by atoms with Crippen LogP contribution in [0.2, 0.25) is 0 Å². The first-order chi connectivity index (χ1) is 16.5. The van der Waals surface area contributed by atoms with Gasteiger partial charge < -0.3 is 25.2 Å². The van der Waals surface area contributed by atoms with Crippen LogP contribution in [0.4, 0.5) is 0 Å². The first kappa shape index (κ1) is 32.8. The monoisotopic (exact) mass is 502 g/mol. The lowest BCUT2D eigenvalue weighted by molar-refractivity contribution is -0.209. The first-order valence-corrected chi connectivity index (χ1v) is 13.1. The summed E-state index contributed by atoms with van der Waals surface area (Å²) in [5.74, 6) is -8.13. The highest BCUT2D eigenvalue weighted by molar-refractivity contribution is 5.95. The maximum atomic E-state index is 12.6. The van der Waals surface area contributed by atoms with Crippen molar-refractivity contribution >= 4 is 23.9 Å². The fourth-order valence-electron chi connectivity index (χ4n) is 4.75. The maximum absolute atomic E-state index is 12.6. The van der Waals surface area contributed by atoms with E-state index in [1.54, 1.807) is 0 Å². The molecule has 0 aromatic carbocycles. The first-order valence-electron chi connectivity index (χ1n) is 13.1. The van der Waals surface area contributed by atoms with Crippen molar-refractivity contribution in [2.75, 3.05) is 6.61 Å². The Morgan fingerprint density at radius 1 is 0.714 bits per heavy atom. The van der Waals surface area contributed by atoms with Gasteiger partial charge in [0.05, 0.1) is 18.9 Å². The van der Waals surface area contributed by atoms with Crippen molar-refractivity contribution in [3.8, 4) is 0 Å². The third-order valence-electron chi connectivity index (χ3n) is 6.82. The van der Waals surface area contributed by atoms with E-state index in [0.717, 1.165) is 51.4 Å². The zero-order chi connectivity index (χ0) is 26.9. The van der Waals surface area contributed by atoms with E-state index in [2.05, 4.69) is 13.8 Å². The maximum Gasteiger partial charge on any atom is 0.337 e. The van der Waals surface area contributed by atoms with Gasteiger partial charge in [0.2, 0.25) is 0 Å². The Kier molecular flexibility index (Phi) is 16.2. The summed E-state index contributed by atoms with van der Waals surface area (Å²) in [6.07, 6.45) is 7.85. The Morgan fingerprint density at radius 2 is 1.20 bits per heavy atom. The van der Waals surface area contributed by atoms with E-state index in [1.165, 1.54) is 6.92 Å². The van der Waals surface area contributed by atoms with Crippen LogP contribution in [0.15, 0.2) is 0 Å². The summed E-state index contributed by atoms with van der Waals surface area (Å²) >= 11 is 0. The number of carboxylic acids is 3. The molecule has 9 heteroatoms. The molecule has 35 heavy (non-hydrogen) atoms. The largest absolute Gasteiger partial charge is 0.481 e. The fraction of sp³-hybridized carbons (Fsp3) is 0.846. The van der Waals surface area contributed by atoms with Gasteiger partial charge in [-0.15, -0.1) is 0 Å². The number of hydrogen-bond acceptors (Lipinski definition) is 6. The molecule has 0 aromatic rings. The third-order valence-corrected chi connectivity index (χ3v) is 6.82. The van der Waals surface area contributed by atoms with Crippen molar-refractivity contribution in [2.45, 2.75) is 123 Å². The second-order valence-corrected chi connectivity index (χ2v) is 9.41. The quantitative estimate of drug-likeness (QED) is 0.118. The molecule has 0 fully saturated rings. The van der Waals surface area contributed by atoms with E-state index >= 15 is 0 Å². The molecule has 4 N–H and O–H groups in total. The van der Waals surface area contributed by atoms with E-state index in [0.29, 0.717) is 19.3 Å². The molecule has 0 aliphatic carbocycles. The number of carbonyl (C=O) groups excluding carboxylic acids is 1. The molecule has 0 radical (unpaired) electrons. The minimum Gasteiger partial charge on any atom is -0.481 e. The summed E-state index contributed by atoms with van der Waals surface area (Å²) in [6, 6.07) is 0. The average molecular weight is 503 g/mol. The van der Waals surface area contributed by atoms with Crippen LogP contribution in [0.25, 0.3) is 0 Å². The van der Waals surface area contributed by atoms with Crippen LogP contribution in [0.3, 0.4) is 0 Å². The van der Waals surface area contributed by atoms with Crippen molar-refractivity contribution in [3.63, 3.8) is 0 Å². The van der Waals surface area contributed by atoms with Crippen LogP contribution in [0.1, 0.15) is 117 Å². The minimum atomic E-state index is -3.19. The Morgan fingerprint density at radius 3 is 1.63 bits per heavy atom. The lowest BCUT2D eigenvalue weighted by Crippen LogP contribution is -2.64. The van der Waals surface area contributed by atoms with Gasteiger partial charge in [0.25, 0.3) is 0 Å². The predicted octanol–water partition coefficient (Wildman–Crippen LogP) is 5.03. The van der Waals surface area contributed by atoms with Crippen LogP contribution in [0.5, 0.6) is 0 Å². The van der Waals surface area contributed by atoms with Gasteiger partial charge in [-0.1, -0.05) is 90.9 Å². The van der Waals surface area contributed by atoms with Crippen LogP contribution in [0, 0.1) is 11.3 Å². The molecule has 9 nitrogen and oxygen atoms in total. The second kappa shape index (κ2) is 17.3. The van der Waals surface area contributed by atoms with Gasteiger partial charge in [0, 0.05) is 0 Å². The Labute approximate surface area is 209 Å². The number of aliphatic carboxylic acids is 3. The molecular weight excluding hydrogens is 456 g/mol. The third kappa shape index (κ3) is 9.78. The molecule has 0 aromatic heterocycles. The highest BCUT2D eigenvalue weighted by atomic mass is 16.5. The van der Waals surface area contributed by atoms with E-state index in [-0.39, 0.29) is 25.9 Å². The molecule has 0 saturated carbocycles. The number of aliphatic hydroxyl groups is 1. The van der Waals surface area contributed by atoms with Crippen molar-refractivity contribution in [2.24, 2.45) is 11.3 Å². The van der Waals surface area contributed by atoms with Crippen LogP contribution < -0.4 is 0 Å². The number of esters is 1. The fourth-order valence-corrected chi connectivity index (χ4v) is 4.75. The number of carboxylic acid groups (broad SMARTS) is 3. The molecule has 3 unspecified atom stereocenters. The molecule has 0 spiro atoms. The smallest absolute Gasteiger partial charge is 0.337 e. The zero-order valence-corrected chi connectivity index (χ0v) is 21.7. The van der Waals surface area contributed by atoms with E-state index in [4.69, 9.17) is 4.74 Å². The number of ether oxygens (including phenoxy) is 1. The van der Waals surface area contributed by atoms with Gasteiger partial charge >= 0.3 is 23.9 Å². The molecule has 0 bridgehead atoms. The molecule has 0 amide bonds. The topological polar surface area (TPSA) is 158 Å². The molecule has 0 aliphatic heterocycles. The summed E-state index contributed by atoms with van der Waals surface area (Å²) in [5, 5.41) is 41.8. The van der Waals surface area contributed by atoms with Crippen molar-refractivity contribution < 1.29 is 44.3 Å². The van der Waals surface area contributed by atoms with Gasteiger partial charge in [-0.25, -0.2) is 4.79 Å². The molecular formula is C26H46O9. The highest BCUT2D eigenvalue weighted by Crippen LogP contribution is 2.47. The summed E-state index contributed by atoms with van der Waals surface area (Å²) < 4.78 is 4.90. The highest BCUT2D eigenvalue weighted by Gasteiger charge is 2.66. The molecule has 204 valence electrons. The summed E-state index contributed by atoms with van der Waals surface area (Å²) in [6.45, 7) is 5.58. The minimum absolute atomic E-state index is 0.0584. The number of rotatable bonds is 22. The second-order valence-electron chi connectivity index (χ2n) is 9.41. The summed E-state index contributed by atoms with van der Waals surface area (Å²) in [5.41, 5.74) is -5.73. The van der Waals surface area contributed by atoms with E-state index < -0.39 is 47.2 Å². The SMILES string of the molecule is CCCCCCCCC(C(=O)O)C(O)(C(=O)O)C(CCCCCCCC)(CC(=O)OCC)C(=O)O. The Hall–Kier alpha value is -2.16. The van der Waals surface area contributed by atoms with E-state index in [1.807, 2.05) is 0 Å². The number of hydrogen-bond donors (Lipinski definition) is 4. The van der Waals surface area contributed by atoms with E-state index in [9.17, 15) is 39.6 Å². The normalized spacial score (nSPS) is 15.5. The van der Waals surface area contributed by atoms with Crippen molar-refractivity contribution in [1.29, 1.82) is 0 Å². The molecule has 0 rings (SSSR count).